The van der Waals surface area contributed by atoms with E-state index < -0.39 is 0 Å². The van der Waals surface area contributed by atoms with Crippen LogP contribution in [-0.2, 0) is 6.42 Å². The van der Waals surface area contributed by atoms with Crippen molar-refractivity contribution in [3.8, 4) is 5.75 Å². The molecule has 1 aromatic rings. The number of phenolic OH excluding ortho intramolecular Hbond substituents is 1. The molecule has 0 saturated heterocycles. The molecule has 0 saturated carbocycles. The second-order valence-electron chi connectivity index (χ2n) is 3.44. The molecule has 0 aliphatic rings. The SMILES string of the molecule is CC(CN)Cc1cc(Br)cc(Cl)c1O. The number of phenols is 1. The summed E-state index contributed by atoms with van der Waals surface area (Å²) in [5.41, 5.74) is 6.36. The first-order valence-corrected chi connectivity index (χ1v) is 5.58. The molecule has 1 aromatic carbocycles. The predicted molar refractivity (Wildman–Crippen MR) is 62.7 cm³/mol. The number of benzene rings is 1. The average molecular weight is 279 g/mol. The summed E-state index contributed by atoms with van der Waals surface area (Å²) in [6.45, 7) is 2.64. The molecule has 0 radical (unpaired) electrons. The van der Waals surface area contributed by atoms with E-state index in [-0.39, 0.29) is 5.75 Å². The maximum absolute atomic E-state index is 9.67. The standard InChI is InChI=1S/C10H13BrClNO/c1-6(5-13)2-7-3-8(11)4-9(12)10(7)14/h3-4,6,14H,2,5,13H2,1H3. The second-order valence-corrected chi connectivity index (χ2v) is 4.76. The normalized spacial score (nSPS) is 12.9. The van der Waals surface area contributed by atoms with Crippen molar-refractivity contribution in [1.82, 2.24) is 0 Å². The predicted octanol–water partition coefficient (Wildman–Crippen LogP) is 2.95. The molecule has 0 fully saturated rings. The van der Waals surface area contributed by atoms with Crippen LogP contribution in [0.5, 0.6) is 5.75 Å². The van der Waals surface area contributed by atoms with Gasteiger partial charge < -0.3 is 10.8 Å². The van der Waals surface area contributed by atoms with Gasteiger partial charge in [-0.05, 0) is 36.6 Å². The minimum absolute atomic E-state index is 0.162. The molecule has 1 atom stereocenters. The van der Waals surface area contributed by atoms with Gasteiger partial charge in [-0.1, -0.05) is 34.5 Å². The third-order valence-electron chi connectivity index (χ3n) is 2.08. The van der Waals surface area contributed by atoms with E-state index in [1.54, 1.807) is 6.07 Å². The molecular weight excluding hydrogens is 265 g/mol. The summed E-state index contributed by atoms with van der Waals surface area (Å²) in [6.07, 6.45) is 0.738. The van der Waals surface area contributed by atoms with Crippen LogP contribution in [0.15, 0.2) is 16.6 Å². The molecule has 1 unspecified atom stereocenters. The Kier molecular flexibility index (Phi) is 4.23. The maximum Gasteiger partial charge on any atom is 0.137 e. The Labute approximate surface area is 97.2 Å². The number of hydrogen-bond donors (Lipinski definition) is 2. The van der Waals surface area contributed by atoms with Gasteiger partial charge in [-0.2, -0.15) is 0 Å². The van der Waals surface area contributed by atoms with E-state index in [0.717, 1.165) is 16.5 Å². The van der Waals surface area contributed by atoms with Crippen molar-refractivity contribution in [3.05, 3.63) is 27.2 Å². The van der Waals surface area contributed by atoms with Gasteiger partial charge in [0.1, 0.15) is 5.75 Å². The van der Waals surface area contributed by atoms with Crippen LogP contribution in [0.3, 0.4) is 0 Å². The highest BCUT2D eigenvalue weighted by molar-refractivity contribution is 9.10. The lowest BCUT2D eigenvalue weighted by Gasteiger charge is -2.11. The van der Waals surface area contributed by atoms with E-state index >= 15 is 0 Å². The van der Waals surface area contributed by atoms with Gasteiger partial charge in [0.25, 0.3) is 0 Å². The van der Waals surface area contributed by atoms with Crippen LogP contribution >= 0.6 is 27.5 Å². The third-order valence-corrected chi connectivity index (χ3v) is 2.82. The first-order valence-electron chi connectivity index (χ1n) is 4.41. The van der Waals surface area contributed by atoms with Gasteiger partial charge in [0, 0.05) is 4.47 Å². The highest BCUT2D eigenvalue weighted by Crippen LogP contribution is 2.32. The summed E-state index contributed by atoms with van der Waals surface area (Å²) < 4.78 is 0.875. The van der Waals surface area contributed by atoms with Crippen molar-refractivity contribution >= 4 is 27.5 Å². The Morgan fingerprint density at radius 3 is 2.79 bits per heavy atom. The lowest BCUT2D eigenvalue weighted by atomic mass is 10.0. The van der Waals surface area contributed by atoms with E-state index in [1.807, 2.05) is 13.0 Å². The largest absolute Gasteiger partial charge is 0.506 e. The zero-order valence-electron chi connectivity index (χ0n) is 7.93. The molecule has 0 heterocycles. The minimum atomic E-state index is 0.162. The van der Waals surface area contributed by atoms with Crippen LogP contribution in [-0.4, -0.2) is 11.7 Å². The number of aromatic hydroxyl groups is 1. The van der Waals surface area contributed by atoms with Crippen molar-refractivity contribution in [1.29, 1.82) is 0 Å². The zero-order valence-corrected chi connectivity index (χ0v) is 10.3. The fraction of sp³-hybridized carbons (Fsp3) is 0.400. The fourth-order valence-corrected chi connectivity index (χ4v) is 2.11. The zero-order chi connectivity index (χ0) is 10.7. The number of rotatable bonds is 3. The Bertz CT molecular complexity index is 330. The van der Waals surface area contributed by atoms with E-state index in [9.17, 15) is 5.11 Å². The van der Waals surface area contributed by atoms with Gasteiger partial charge in [0.2, 0.25) is 0 Å². The second kappa shape index (κ2) is 5.01. The van der Waals surface area contributed by atoms with Gasteiger partial charge in [0.05, 0.1) is 5.02 Å². The molecule has 14 heavy (non-hydrogen) atoms. The summed E-state index contributed by atoms with van der Waals surface area (Å²) in [5.74, 6) is 0.501. The van der Waals surface area contributed by atoms with E-state index in [1.165, 1.54) is 0 Å². The van der Waals surface area contributed by atoms with Gasteiger partial charge >= 0.3 is 0 Å². The van der Waals surface area contributed by atoms with Crippen LogP contribution in [0.1, 0.15) is 12.5 Å². The molecule has 2 nitrogen and oxygen atoms in total. The topological polar surface area (TPSA) is 46.2 Å². The Morgan fingerprint density at radius 1 is 1.57 bits per heavy atom. The summed E-state index contributed by atoms with van der Waals surface area (Å²) in [7, 11) is 0. The third kappa shape index (κ3) is 2.87. The van der Waals surface area contributed by atoms with Crippen molar-refractivity contribution in [2.75, 3.05) is 6.54 Å². The maximum atomic E-state index is 9.67. The molecule has 0 aliphatic heterocycles. The first-order chi connectivity index (χ1) is 6.54. The quantitative estimate of drug-likeness (QED) is 0.893. The highest BCUT2D eigenvalue weighted by atomic mass is 79.9. The molecule has 4 heteroatoms. The lowest BCUT2D eigenvalue weighted by Crippen LogP contribution is -2.13. The smallest absolute Gasteiger partial charge is 0.137 e. The van der Waals surface area contributed by atoms with Crippen molar-refractivity contribution in [3.63, 3.8) is 0 Å². The molecule has 0 amide bonds. The first kappa shape index (κ1) is 11.8. The summed E-state index contributed by atoms with van der Waals surface area (Å²) in [5, 5.41) is 10.0. The van der Waals surface area contributed by atoms with Crippen molar-refractivity contribution in [2.24, 2.45) is 11.7 Å². The Morgan fingerprint density at radius 2 is 2.21 bits per heavy atom. The van der Waals surface area contributed by atoms with Crippen LogP contribution in [0.25, 0.3) is 0 Å². The van der Waals surface area contributed by atoms with Gasteiger partial charge in [-0.3, -0.25) is 0 Å². The van der Waals surface area contributed by atoms with E-state index in [2.05, 4.69) is 15.9 Å². The summed E-state index contributed by atoms with van der Waals surface area (Å²) in [6, 6.07) is 3.54. The summed E-state index contributed by atoms with van der Waals surface area (Å²) in [4.78, 5) is 0. The fourth-order valence-electron chi connectivity index (χ4n) is 1.23. The molecule has 0 aliphatic carbocycles. The number of hydrogen-bond acceptors (Lipinski definition) is 2. The molecule has 78 valence electrons. The molecule has 1 rings (SSSR count). The minimum Gasteiger partial charge on any atom is -0.506 e. The van der Waals surface area contributed by atoms with Gasteiger partial charge in [0.15, 0.2) is 0 Å². The summed E-state index contributed by atoms with van der Waals surface area (Å²) >= 11 is 9.17. The Hall–Kier alpha value is -0.250. The average Bonchev–Trinajstić information content (AvgIpc) is 2.13. The van der Waals surface area contributed by atoms with Gasteiger partial charge in [-0.25, -0.2) is 0 Å². The van der Waals surface area contributed by atoms with Crippen LogP contribution in [0, 0.1) is 5.92 Å². The molecule has 0 bridgehead atoms. The number of halogens is 2. The van der Waals surface area contributed by atoms with Crippen LogP contribution < -0.4 is 5.73 Å². The Balaban J connectivity index is 2.96. The molecular formula is C10H13BrClNO. The molecule has 0 spiro atoms. The highest BCUT2D eigenvalue weighted by Gasteiger charge is 2.10. The van der Waals surface area contributed by atoms with Crippen LogP contribution in [0.2, 0.25) is 5.02 Å². The molecule has 3 N–H and O–H groups in total. The van der Waals surface area contributed by atoms with E-state index in [0.29, 0.717) is 17.5 Å². The van der Waals surface area contributed by atoms with Gasteiger partial charge in [-0.15, -0.1) is 0 Å². The van der Waals surface area contributed by atoms with Crippen molar-refractivity contribution in [2.45, 2.75) is 13.3 Å². The van der Waals surface area contributed by atoms with Crippen molar-refractivity contribution < 1.29 is 5.11 Å². The lowest BCUT2D eigenvalue weighted by molar-refractivity contribution is 0.460. The number of nitrogens with two attached hydrogens (primary N) is 1. The molecule has 0 aromatic heterocycles. The van der Waals surface area contributed by atoms with Crippen LogP contribution in [0.4, 0.5) is 0 Å². The van der Waals surface area contributed by atoms with E-state index in [4.69, 9.17) is 17.3 Å². The monoisotopic (exact) mass is 277 g/mol.